The van der Waals surface area contributed by atoms with E-state index >= 15 is 0 Å². The number of anilines is 1. The van der Waals surface area contributed by atoms with Crippen molar-refractivity contribution in [3.8, 4) is 11.5 Å². The largest absolute Gasteiger partial charge is 0.494 e. The molecular formula is C19H25NO2. The summed E-state index contributed by atoms with van der Waals surface area (Å²) in [4.78, 5) is 0. The van der Waals surface area contributed by atoms with Crippen LogP contribution in [0.1, 0.15) is 32.3 Å². The molecule has 118 valence electrons. The second-order valence-electron chi connectivity index (χ2n) is 5.19. The summed E-state index contributed by atoms with van der Waals surface area (Å²) in [6.07, 6.45) is 2.03. The summed E-state index contributed by atoms with van der Waals surface area (Å²) in [7, 11) is 0. The van der Waals surface area contributed by atoms with E-state index in [4.69, 9.17) is 9.47 Å². The Hall–Kier alpha value is -2.16. The van der Waals surface area contributed by atoms with Gasteiger partial charge in [0.15, 0.2) is 0 Å². The topological polar surface area (TPSA) is 30.5 Å². The normalized spacial score (nSPS) is 10.3. The molecule has 3 heteroatoms. The van der Waals surface area contributed by atoms with E-state index < -0.39 is 0 Å². The van der Waals surface area contributed by atoms with Gasteiger partial charge in [-0.2, -0.15) is 0 Å². The Labute approximate surface area is 133 Å². The molecule has 1 N–H and O–H groups in total. The highest BCUT2D eigenvalue weighted by atomic mass is 16.5. The molecule has 2 aromatic carbocycles. The first-order chi connectivity index (χ1) is 10.8. The van der Waals surface area contributed by atoms with Gasteiger partial charge in [-0.05, 0) is 31.0 Å². The summed E-state index contributed by atoms with van der Waals surface area (Å²) in [5.41, 5.74) is 2.22. The van der Waals surface area contributed by atoms with Gasteiger partial charge >= 0.3 is 0 Å². The zero-order chi connectivity index (χ0) is 15.6. The summed E-state index contributed by atoms with van der Waals surface area (Å²) in [5.74, 6) is 1.86. The Morgan fingerprint density at radius 1 is 0.864 bits per heavy atom. The van der Waals surface area contributed by atoms with Gasteiger partial charge in [-0.25, -0.2) is 0 Å². The van der Waals surface area contributed by atoms with Crippen LogP contribution in [-0.2, 0) is 6.54 Å². The molecule has 22 heavy (non-hydrogen) atoms. The van der Waals surface area contributed by atoms with E-state index in [0.29, 0.717) is 0 Å². The average molecular weight is 299 g/mol. The van der Waals surface area contributed by atoms with Crippen LogP contribution in [-0.4, -0.2) is 13.2 Å². The minimum absolute atomic E-state index is 0.733. The first-order valence-corrected chi connectivity index (χ1v) is 8.01. The van der Waals surface area contributed by atoms with E-state index in [1.165, 1.54) is 0 Å². The number of rotatable bonds is 9. The standard InChI is InChI=1S/C19H25NO2/c1-3-12-21-18-10-7-9-17(14-18)20-15-16-8-5-6-11-19(16)22-13-4-2/h5-11,14,20H,3-4,12-13,15H2,1-2H3. The van der Waals surface area contributed by atoms with Gasteiger partial charge in [0, 0.05) is 23.9 Å². The van der Waals surface area contributed by atoms with Crippen LogP contribution in [0.2, 0.25) is 0 Å². The van der Waals surface area contributed by atoms with E-state index in [1.54, 1.807) is 0 Å². The van der Waals surface area contributed by atoms with E-state index in [1.807, 2.05) is 42.5 Å². The zero-order valence-electron chi connectivity index (χ0n) is 13.5. The maximum atomic E-state index is 5.79. The molecule has 0 atom stereocenters. The monoisotopic (exact) mass is 299 g/mol. The summed E-state index contributed by atoms with van der Waals surface area (Å²) in [6, 6.07) is 16.2. The highest BCUT2D eigenvalue weighted by molar-refractivity contribution is 5.49. The van der Waals surface area contributed by atoms with Crippen LogP contribution < -0.4 is 14.8 Å². The molecule has 0 aliphatic rings. The Bertz CT molecular complexity index is 569. The van der Waals surface area contributed by atoms with Crippen LogP contribution in [0, 0.1) is 0 Å². The summed E-state index contributed by atoms with van der Waals surface area (Å²) >= 11 is 0. The van der Waals surface area contributed by atoms with Gasteiger partial charge in [-0.3, -0.25) is 0 Å². The third kappa shape index (κ3) is 4.99. The number of hydrogen-bond acceptors (Lipinski definition) is 3. The summed E-state index contributed by atoms with van der Waals surface area (Å²) in [5, 5.41) is 3.43. The lowest BCUT2D eigenvalue weighted by atomic mass is 10.2. The molecule has 2 rings (SSSR count). The molecule has 0 aliphatic heterocycles. The third-order valence-electron chi connectivity index (χ3n) is 3.22. The lowest BCUT2D eigenvalue weighted by molar-refractivity contribution is 0.314. The van der Waals surface area contributed by atoms with Crippen molar-refractivity contribution in [2.24, 2.45) is 0 Å². The second-order valence-corrected chi connectivity index (χ2v) is 5.19. The van der Waals surface area contributed by atoms with Crippen LogP contribution in [0.15, 0.2) is 48.5 Å². The number of para-hydroxylation sites is 1. The van der Waals surface area contributed by atoms with Crippen LogP contribution in [0.3, 0.4) is 0 Å². The molecule has 0 bridgehead atoms. The van der Waals surface area contributed by atoms with Crippen molar-refractivity contribution < 1.29 is 9.47 Å². The van der Waals surface area contributed by atoms with Gasteiger partial charge in [-0.15, -0.1) is 0 Å². The fourth-order valence-electron chi connectivity index (χ4n) is 2.12. The molecular weight excluding hydrogens is 274 g/mol. The lowest BCUT2D eigenvalue weighted by Crippen LogP contribution is -2.04. The molecule has 0 fully saturated rings. The number of ether oxygens (including phenoxy) is 2. The molecule has 0 saturated heterocycles. The molecule has 2 aromatic rings. The van der Waals surface area contributed by atoms with Gasteiger partial charge in [0.1, 0.15) is 11.5 Å². The maximum absolute atomic E-state index is 5.79. The Balaban J connectivity index is 1.98. The Morgan fingerprint density at radius 3 is 2.45 bits per heavy atom. The molecule has 0 spiro atoms. The predicted octanol–water partition coefficient (Wildman–Crippen LogP) is 4.88. The van der Waals surface area contributed by atoms with Gasteiger partial charge in [0.25, 0.3) is 0 Å². The fourth-order valence-corrected chi connectivity index (χ4v) is 2.12. The van der Waals surface area contributed by atoms with E-state index in [9.17, 15) is 0 Å². The lowest BCUT2D eigenvalue weighted by Gasteiger charge is -2.13. The smallest absolute Gasteiger partial charge is 0.124 e. The van der Waals surface area contributed by atoms with Gasteiger partial charge in [-0.1, -0.05) is 38.1 Å². The minimum atomic E-state index is 0.733. The van der Waals surface area contributed by atoms with Crippen molar-refractivity contribution in [1.29, 1.82) is 0 Å². The number of nitrogens with one attached hydrogen (secondary N) is 1. The summed E-state index contributed by atoms with van der Waals surface area (Å²) in [6.45, 7) is 6.45. The quantitative estimate of drug-likeness (QED) is 0.716. The van der Waals surface area contributed by atoms with Crippen molar-refractivity contribution in [2.75, 3.05) is 18.5 Å². The molecule has 0 aromatic heterocycles. The molecule has 0 unspecified atom stereocenters. The van der Waals surface area contributed by atoms with Gasteiger partial charge in [0.2, 0.25) is 0 Å². The first-order valence-electron chi connectivity index (χ1n) is 8.01. The molecule has 0 radical (unpaired) electrons. The van der Waals surface area contributed by atoms with Crippen molar-refractivity contribution in [1.82, 2.24) is 0 Å². The zero-order valence-corrected chi connectivity index (χ0v) is 13.5. The van der Waals surface area contributed by atoms with Crippen LogP contribution >= 0.6 is 0 Å². The Morgan fingerprint density at radius 2 is 1.64 bits per heavy atom. The van der Waals surface area contributed by atoms with Crippen molar-refractivity contribution in [2.45, 2.75) is 33.2 Å². The second kappa shape index (κ2) is 8.98. The third-order valence-corrected chi connectivity index (χ3v) is 3.22. The predicted molar refractivity (Wildman–Crippen MR) is 91.8 cm³/mol. The Kier molecular flexibility index (Phi) is 6.62. The fraction of sp³-hybridized carbons (Fsp3) is 0.368. The molecule has 0 aliphatic carbocycles. The highest BCUT2D eigenvalue weighted by Gasteiger charge is 2.03. The average Bonchev–Trinajstić information content (AvgIpc) is 2.57. The van der Waals surface area contributed by atoms with Crippen molar-refractivity contribution in [3.63, 3.8) is 0 Å². The van der Waals surface area contributed by atoms with Crippen molar-refractivity contribution >= 4 is 5.69 Å². The molecule has 0 heterocycles. The van der Waals surface area contributed by atoms with E-state index in [-0.39, 0.29) is 0 Å². The van der Waals surface area contributed by atoms with E-state index in [2.05, 4.69) is 25.2 Å². The van der Waals surface area contributed by atoms with Gasteiger partial charge < -0.3 is 14.8 Å². The van der Waals surface area contributed by atoms with Crippen LogP contribution in [0.4, 0.5) is 5.69 Å². The highest BCUT2D eigenvalue weighted by Crippen LogP contribution is 2.22. The molecule has 0 amide bonds. The van der Waals surface area contributed by atoms with Crippen LogP contribution in [0.25, 0.3) is 0 Å². The first kappa shape index (κ1) is 16.2. The summed E-state index contributed by atoms with van der Waals surface area (Å²) < 4.78 is 11.4. The van der Waals surface area contributed by atoms with E-state index in [0.717, 1.165) is 55.4 Å². The van der Waals surface area contributed by atoms with Crippen molar-refractivity contribution in [3.05, 3.63) is 54.1 Å². The number of hydrogen-bond donors (Lipinski definition) is 1. The van der Waals surface area contributed by atoms with Gasteiger partial charge in [0.05, 0.1) is 13.2 Å². The molecule has 3 nitrogen and oxygen atoms in total. The number of benzene rings is 2. The minimum Gasteiger partial charge on any atom is -0.494 e. The SMILES string of the molecule is CCCOc1cccc(NCc2ccccc2OCCC)c1. The van der Waals surface area contributed by atoms with Crippen LogP contribution in [0.5, 0.6) is 11.5 Å². The maximum Gasteiger partial charge on any atom is 0.124 e. The molecule has 0 saturated carbocycles.